The highest BCUT2D eigenvalue weighted by Crippen LogP contribution is 2.22. The summed E-state index contributed by atoms with van der Waals surface area (Å²) in [5.41, 5.74) is 1.50. The molecule has 1 aliphatic rings. The smallest absolute Gasteiger partial charge is 0.0402 e. The summed E-state index contributed by atoms with van der Waals surface area (Å²) in [5.74, 6) is 0. The lowest BCUT2D eigenvalue weighted by atomic mass is 9.88. The number of nitrogens with one attached hydrogen (secondary N) is 1. The number of allylic oxidation sites excluding steroid dienone is 2. The third-order valence-corrected chi connectivity index (χ3v) is 3.26. The van der Waals surface area contributed by atoms with Gasteiger partial charge in [-0.05, 0) is 18.4 Å². The van der Waals surface area contributed by atoms with E-state index in [9.17, 15) is 0 Å². The van der Waals surface area contributed by atoms with E-state index in [1.54, 1.807) is 0 Å². The Kier molecular flexibility index (Phi) is 3.58. The Morgan fingerprint density at radius 2 is 2.00 bits per heavy atom. The SMILES string of the molecule is CC[C@@]1(NCc2ccccc2)C=CC=CC1. The van der Waals surface area contributed by atoms with Gasteiger partial charge in [0.2, 0.25) is 0 Å². The Bertz CT molecular complexity index is 378. The highest BCUT2D eigenvalue weighted by Gasteiger charge is 2.23. The van der Waals surface area contributed by atoms with Crippen LogP contribution in [0.25, 0.3) is 0 Å². The van der Waals surface area contributed by atoms with Crippen LogP contribution in [0.5, 0.6) is 0 Å². The maximum atomic E-state index is 3.66. The van der Waals surface area contributed by atoms with Crippen molar-refractivity contribution in [2.75, 3.05) is 0 Å². The molecule has 1 N–H and O–H groups in total. The third-order valence-electron chi connectivity index (χ3n) is 3.26. The van der Waals surface area contributed by atoms with Gasteiger partial charge in [0.05, 0.1) is 0 Å². The first-order valence-electron chi connectivity index (χ1n) is 5.98. The second kappa shape index (κ2) is 5.13. The Labute approximate surface area is 97.9 Å². The molecule has 0 aromatic heterocycles. The molecule has 1 heteroatoms. The summed E-state index contributed by atoms with van der Waals surface area (Å²) in [4.78, 5) is 0. The average Bonchev–Trinajstić information content (AvgIpc) is 2.39. The molecule has 0 saturated heterocycles. The summed E-state index contributed by atoms with van der Waals surface area (Å²) in [6, 6.07) is 10.6. The Morgan fingerprint density at radius 3 is 2.62 bits per heavy atom. The summed E-state index contributed by atoms with van der Waals surface area (Å²) in [7, 11) is 0. The lowest BCUT2D eigenvalue weighted by Crippen LogP contribution is -2.42. The monoisotopic (exact) mass is 213 g/mol. The molecule has 1 nitrogen and oxygen atoms in total. The summed E-state index contributed by atoms with van der Waals surface area (Å²) in [6.45, 7) is 3.17. The molecule has 1 aliphatic carbocycles. The largest absolute Gasteiger partial charge is 0.304 e. The predicted molar refractivity (Wildman–Crippen MR) is 69.2 cm³/mol. The molecule has 0 radical (unpaired) electrons. The van der Waals surface area contributed by atoms with E-state index in [1.807, 2.05) is 0 Å². The Balaban J connectivity index is 1.98. The van der Waals surface area contributed by atoms with E-state index in [4.69, 9.17) is 0 Å². The van der Waals surface area contributed by atoms with Crippen molar-refractivity contribution in [1.29, 1.82) is 0 Å². The minimum atomic E-state index is 0.157. The van der Waals surface area contributed by atoms with Gasteiger partial charge in [0, 0.05) is 12.1 Å². The number of benzene rings is 1. The minimum absolute atomic E-state index is 0.157. The van der Waals surface area contributed by atoms with Gasteiger partial charge in [0.25, 0.3) is 0 Å². The molecule has 0 saturated carbocycles. The van der Waals surface area contributed by atoms with Crippen LogP contribution in [0.4, 0.5) is 0 Å². The molecule has 1 aromatic carbocycles. The van der Waals surface area contributed by atoms with Crippen LogP contribution in [-0.4, -0.2) is 5.54 Å². The second-order valence-electron chi connectivity index (χ2n) is 4.34. The van der Waals surface area contributed by atoms with Crippen LogP contribution in [0.2, 0.25) is 0 Å². The van der Waals surface area contributed by atoms with E-state index >= 15 is 0 Å². The van der Waals surface area contributed by atoms with Crippen molar-refractivity contribution in [3.05, 3.63) is 60.2 Å². The normalized spacial score (nSPS) is 23.6. The first kappa shape index (κ1) is 11.2. The molecule has 0 fully saturated rings. The molecule has 0 bridgehead atoms. The van der Waals surface area contributed by atoms with Crippen LogP contribution < -0.4 is 5.32 Å². The number of rotatable bonds is 4. The van der Waals surface area contributed by atoms with Gasteiger partial charge in [-0.25, -0.2) is 0 Å². The lowest BCUT2D eigenvalue weighted by Gasteiger charge is -2.31. The van der Waals surface area contributed by atoms with Crippen LogP contribution >= 0.6 is 0 Å². The minimum Gasteiger partial charge on any atom is -0.304 e. The topological polar surface area (TPSA) is 12.0 Å². The van der Waals surface area contributed by atoms with Crippen molar-refractivity contribution in [2.24, 2.45) is 0 Å². The molecule has 84 valence electrons. The van der Waals surface area contributed by atoms with E-state index < -0.39 is 0 Å². The fraction of sp³-hybridized carbons (Fsp3) is 0.333. The zero-order chi connectivity index (χ0) is 11.3. The quantitative estimate of drug-likeness (QED) is 0.808. The van der Waals surface area contributed by atoms with Gasteiger partial charge in [-0.3, -0.25) is 0 Å². The molecule has 1 atom stereocenters. The molecule has 2 rings (SSSR count). The molecule has 0 heterocycles. The van der Waals surface area contributed by atoms with Gasteiger partial charge in [-0.2, -0.15) is 0 Å². The Morgan fingerprint density at radius 1 is 1.19 bits per heavy atom. The van der Waals surface area contributed by atoms with E-state index in [0.717, 1.165) is 19.4 Å². The third kappa shape index (κ3) is 2.61. The number of hydrogen-bond donors (Lipinski definition) is 1. The summed E-state index contributed by atoms with van der Waals surface area (Å²) >= 11 is 0. The van der Waals surface area contributed by atoms with Crippen LogP contribution in [0, 0.1) is 0 Å². The second-order valence-corrected chi connectivity index (χ2v) is 4.34. The van der Waals surface area contributed by atoms with Crippen LogP contribution in [0.15, 0.2) is 54.6 Å². The first-order chi connectivity index (χ1) is 7.85. The van der Waals surface area contributed by atoms with E-state index in [-0.39, 0.29) is 5.54 Å². The summed E-state index contributed by atoms with van der Waals surface area (Å²) in [6.07, 6.45) is 11.0. The molecule has 0 amide bonds. The van der Waals surface area contributed by atoms with Crippen molar-refractivity contribution in [2.45, 2.75) is 31.8 Å². The van der Waals surface area contributed by atoms with Gasteiger partial charge in [0.15, 0.2) is 0 Å². The first-order valence-corrected chi connectivity index (χ1v) is 5.98. The highest BCUT2D eigenvalue weighted by molar-refractivity contribution is 5.22. The van der Waals surface area contributed by atoms with Crippen molar-refractivity contribution < 1.29 is 0 Å². The lowest BCUT2D eigenvalue weighted by molar-refractivity contribution is 0.387. The number of hydrogen-bond acceptors (Lipinski definition) is 1. The maximum absolute atomic E-state index is 3.66. The van der Waals surface area contributed by atoms with Crippen LogP contribution in [0.1, 0.15) is 25.3 Å². The van der Waals surface area contributed by atoms with E-state index in [2.05, 4.69) is 66.9 Å². The fourth-order valence-electron chi connectivity index (χ4n) is 2.06. The van der Waals surface area contributed by atoms with Crippen molar-refractivity contribution >= 4 is 0 Å². The molecule has 16 heavy (non-hydrogen) atoms. The molecule has 0 aliphatic heterocycles. The van der Waals surface area contributed by atoms with Gasteiger partial charge in [0.1, 0.15) is 0 Å². The standard InChI is InChI=1S/C15H19N/c1-2-15(11-7-4-8-12-15)16-13-14-9-5-3-6-10-14/h3-11,16H,2,12-13H2,1H3/t15-/m1/s1. The van der Waals surface area contributed by atoms with E-state index in [0.29, 0.717) is 0 Å². The fourth-order valence-corrected chi connectivity index (χ4v) is 2.06. The van der Waals surface area contributed by atoms with Gasteiger partial charge >= 0.3 is 0 Å². The zero-order valence-electron chi connectivity index (χ0n) is 9.82. The van der Waals surface area contributed by atoms with Crippen LogP contribution in [-0.2, 0) is 6.54 Å². The molecule has 0 spiro atoms. The Hall–Kier alpha value is -1.34. The molecular weight excluding hydrogens is 194 g/mol. The van der Waals surface area contributed by atoms with Gasteiger partial charge < -0.3 is 5.32 Å². The summed E-state index contributed by atoms with van der Waals surface area (Å²) in [5, 5.41) is 3.66. The van der Waals surface area contributed by atoms with Gasteiger partial charge in [-0.15, -0.1) is 0 Å². The van der Waals surface area contributed by atoms with Crippen molar-refractivity contribution in [3.63, 3.8) is 0 Å². The zero-order valence-corrected chi connectivity index (χ0v) is 9.82. The van der Waals surface area contributed by atoms with Crippen molar-refractivity contribution in [1.82, 2.24) is 5.32 Å². The van der Waals surface area contributed by atoms with Crippen LogP contribution in [0.3, 0.4) is 0 Å². The van der Waals surface area contributed by atoms with Crippen molar-refractivity contribution in [3.8, 4) is 0 Å². The molecular formula is C15H19N. The predicted octanol–water partition coefficient (Wildman–Crippen LogP) is 3.44. The molecule has 0 unspecified atom stereocenters. The van der Waals surface area contributed by atoms with E-state index in [1.165, 1.54) is 5.56 Å². The summed E-state index contributed by atoms with van der Waals surface area (Å²) < 4.78 is 0. The average molecular weight is 213 g/mol. The maximum Gasteiger partial charge on any atom is 0.0402 e. The highest BCUT2D eigenvalue weighted by atomic mass is 15.0. The molecule has 1 aromatic rings. The van der Waals surface area contributed by atoms with Gasteiger partial charge in [-0.1, -0.05) is 61.6 Å².